The van der Waals surface area contributed by atoms with Crippen molar-refractivity contribution < 1.29 is 4.79 Å². The summed E-state index contributed by atoms with van der Waals surface area (Å²) in [7, 11) is 0. The molecule has 1 amide bonds. The summed E-state index contributed by atoms with van der Waals surface area (Å²) in [6, 6.07) is 10.6. The average molecular weight is 297 g/mol. The fourth-order valence-electron chi connectivity index (χ4n) is 2.81. The highest BCUT2D eigenvalue weighted by atomic mass is 35.5. The van der Waals surface area contributed by atoms with Crippen molar-refractivity contribution in [3.05, 3.63) is 35.9 Å². The van der Waals surface area contributed by atoms with E-state index in [-0.39, 0.29) is 24.4 Å². The summed E-state index contributed by atoms with van der Waals surface area (Å²) < 4.78 is 0. The lowest BCUT2D eigenvalue weighted by molar-refractivity contribution is -0.134. The molecule has 1 atom stereocenters. The maximum absolute atomic E-state index is 12.2. The van der Waals surface area contributed by atoms with Gasteiger partial charge in [-0.05, 0) is 37.7 Å². The molecule has 1 unspecified atom stereocenters. The van der Waals surface area contributed by atoms with Crippen LogP contribution in [0.4, 0.5) is 0 Å². The van der Waals surface area contributed by atoms with Crippen molar-refractivity contribution >= 4 is 18.3 Å². The van der Waals surface area contributed by atoms with Gasteiger partial charge in [0.25, 0.3) is 0 Å². The second-order valence-electron chi connectivity index (χ2n) is 5.31. The minimum Gasteiger partial charge on any atom is -0.338 e. The molecule has 0 saturated carbocycles. The van der Waals surface area contributed by atoms with Gasteiger partial charge in [-0.15, -0.1) is 12.4 Å². The Morgan fingerprint density at radius 1 is 1.25 bits per heavy atom. The Morgan fingerprint density at radius 3 is 2.70 bits per heavy atom. The Hall–Kier alpha value is -1.06. The number of benzene rings is 1. The van der Waals surface area contributed by atoms with Crippen LogP contribution in [0.1, 0.15) is 37.7 Å². The zero-order valence-electron chi connectivity index (χ0n) is 12.0. The molecule has 0 radical (unpaired) electrons. The minimum absolute atomic E-state index is 0. The number of hydrogen-bond acceptors (Lipinski definition) is 2. The molecule has 1 aliphatic heterocycles. The number of nitrogens with zero attached hydrogens (tertiary/aromatic N) is 1. The van der Waals surface area contributed by atoms with Crippen molar-refractivity contribution in [2.45, 2.75) is 44.6 Å². The standard InChI is InChI=1S/C16H24N2O.ClH/c17-13-15-10-4-5-12-18(15)16(19)11-6-9-14-7-2-1-3-8-14;/h1-3,7-8,15H,4-6,9-13,17H2;1H. The van der Waals surface area contributed by atoms with E-state index in [9.17, 15) is 4.79 Å². The Labute approximate surface area is 127 Å². The van der Waals surface area contributed by atoms with Crippen LogP contribution >= 0.6 is 12.4 Å². The van der Waals surface area contributed by atoms with E-state index >= 15 is 0 Å². The van der Waals surface area contributed by atoms with Gasteiger partial charge in [0, 0.05) is 25.6 Å². The summed E-state index contributed by atoms with van der Waals surface area (Å²) in [4.78, 5) is 14.2. The number of likely N-dealkylation sites (tertiary alicyclic amines) is 1. The van der Waals surface area contributed by atoms with Crippen molar-refractivity contribution in [1.82, 2.24) is 4.90 Å². The highest BCUT2D eigenvalue weighted by Crippen LogP contribution is 2.18. The molecule has 3 nitrogen and oxygen atoms in total. The number of amides is 1. The van der Waals surface area contributed by atoms with Crippen molar-refractivity contribution in [2.75, 3.05) is 13.1 Å². The summed E-state index contributed by atoms with van der Waals surface area (Å²) in [6.07, 6.45) is 5.95. The summed E-state index contributed by atoms with van der Waals surface area (Å²) in [5, 5.41) is 0. The third-order valence-electron chi connectivity index (χ3n) is 3.92. The number of carbonyl (C=O) groups excluding carboxylic acids is 1. The first-order valence-corrected chi connectivity index (χ1v) is 7.34. The molecule has 0 bridgehead atoms. The van der Waals surface area contributed by atoms with Crippen LogP contribution in [0, 0.1) is 0 Å². The predicted octanol–water partition coefficient (Wildman–Crippen LogP) is 2.77. The minimum atomic E-state index is 0. The van der Waals surface area contributed by atoms with E-state index in [2.05, 4.69) is 12.1 Å². The Kier molecular flexibility index (Phi) is 7.63. The zero-order valence-corrected chi connectivity index (χ0v) is 12.8. The molecule has 1 aromatic rings. The van der Waals surface area contributed by atoms with Gasteiger partial charge in [-0.1, -0.05) is 30.3 Å². The van der Waals surface area contributed by atoms with Crippen molar-refractivity contribution in [2.24, 2.45) is 5.73 Å². The van der Waals surface area contributed by atoms with Gasteiger partial charge in [-0.3, -0.25) is 4.79 Å². The van der Waals surface area contributed by atoms with E-state index in [1.54, 1.807) is 0 Å². The van der Waals surface area contributed by atoms with E-state index in [1.807, 2.05) is 23.1 Å². The first kappa shape index (κ1) is 17.0. The van der Waals surface area contributed by atoms with Crippen LogP contribution in [-0.4, -0.2) is 29.9 Å². The Morgan fingerprint density at radius 2 is 2.00 bits per heavy atom. The number of nitrogens with two attached hydrogens (primary N) is 1. The van der Waals surface area contributed by atoms with E-state index < -0.39 is 0 Å². The van der Waals surface area contributed by atoms with E-state index in [0.29, 0.717) is 13.0 Å². The van der Waals surface area contributed by atoms with E-state index in [0.717, 1.165) is 32.2 Å². The largest absolute Gasteiger partial charge is 0.338 e. The van der Waals surface area contributed by atoms with E-state index in [1.165, 1.54) is 12.0 Å². The van der Waals surface area contributed by atoms with Crippen LogP contribution in [0.2, 0.25) is 0 Å². The zero-order chi connectivity index (χ0) is 13.5. The molecular weight excluding hydrogens is 272 g/mol. The van der Waals surface area contributed by atoms with Crippen LogP contribution in [-0.2, 0) is 11.2 Å². The van der Waals surface area contributed by atoms with Gasteiger partial charge in [0.1, 0.15) is 0 Å². The molecule has 1 saturated heterocycles. The molecule has 1 heterocycles. The number of aryl methyl sites for hydroxylation is 1. The van der Waals surface area contributed by atoms with Gasteiger partial charge in [0.05, 0.1) is 0 Å². The van der Waals surface area contributed by atoms with Gasteiger partial charge in [0.2, 0.25) is 5.91 Å². The SMILES string of the molecule is Cl.NCC1CCCCN1C(=O)CCCc1ccccc1. The Bertz CT molecular complexity index is 397. The summed E-state index contributed by atoms with van der Waals surface area (Å²) >= 11 is 0. The van der Waals surface area contributed by atoms with Crippen molar-refractivity contribution in [3.8, 4) is 0 Å². The summed E-state index contributed by atoms with van der Waals surface area (Å²) in [5.41, 5.74) is 7.07. The van der Waals surface area contributed by atoms with Gasteiger partial charge in [-0.25, -0.2) is 0 Å². The van der Waals surface area contributed by atoms with Crippen LogP contribution < -0.4 is 5.73 Å². The molecule has 1 aliphatic rings. The van der Waals surface area contributed by atoms with Gasteiger partial charge >= 0.3 is 0 Å². The molecule has 1 aromatic carbocycles. The smallest absolute Gasteiger partial charge is 0.222 e. The molecule has 20 heavy (non-hydrogen) atoms. The molecule has 0 aromatic heterocycles. The first-order valence-electron chi connectivity index (χ1n) is 7.34. The molecule has 1 fully saturated rings. The summed E-state index contributed by atoms with van der Waals surface area (Å²) in [5.74, 6) is 0.283. The monoisotopic (exact) mass is 296 g/mol. The lowest BCUT2D eigenvalue weighted by Crippen LogP contribution is -2.47. The summed E-state index contributed by atoms with van der Waals surface area (Å²) in [6.45, 7) is 1.50. The maximum atomic E-state index is 12.2. The molecular formula is C16H25ClN2O. The normalized spacial score (nSPS) is 18.4. The molecule has 4 heteroatoms. The molecule has 2 N–H and O–H groups in total. The lowest BCUT2D eigenvalue weighted by atomic mass is 10.0. The Balaban J connectivity index is 0.00000200. The van der Waals surface area contributed by atoms with E-state index in [4.69, 9.17) is 5.73 Å². The topological polar surface area (TPSA) is 46.3 Å². The third kappa shape index (κ3) is 4.80. The van der Waals surface area contributed by atoms with Crippen LogP contribution in [0.3, 0.4) is 0 Å². The predicted molar refractivity (Wildman–Crippen MR) is 85.0 cm³/mol. The van der Waals surface area contributed by atoms with Crippen LogP contribution in [0.25, 0.3) is 0 Å². The highest BCUT2D eigenvalue weighted by molar-refractivity contribution is 5.85. The van der Waals surface area contributed by atoms with Crippen molar-refractivity contribution in [3.63, 3.8) is 0 Å². The fourth-order valence-corrected chi connectivity index (χ4v) is 2.81. The fraction of sp³-hybridized carbons (Fsp3) is 0.562. The second kappa shape index (κ2) is 8.98. The van der Waals surface area contributed by atoms with Crippen LogP contribution in [0.5, 0.6) is 0 Å². The number of rotatable bonds is 5. The molecule has 112 valence electrons. The number of piperidine rings is 1. The van der Waals surface area contributed by atoms with Gasteiger partial charge in [0.15, 0.2) is 0 Å². The third-order valence-corrected chi connectivity index (χ3v) is 3.92. The second-order valence-corrected chi connectivity index (χ2v) is 5.31. The van der Waals surface area contributed by atoms with Crippen LogP contribution in [0.15, 0.2) is 30.3 Å². The lowest BCUT2D eigenvalue weighted by Gasteiger charge is -2.35. The quantitative estimate of drug-likeness (QED) is 0.908. The molecule has 0 aliphatic carbocycles. The molecule has 2 rings (SSSR count). The molecule has 0 spiro atoms. The maximum Gasteiger partial charge on any atom is 0.222 e. The highest BCUT2D eigenvalue weighted by Gasteiger charge is 2.24. The van der Waals surface area contributed by atoms with Crippen molar-refractivity contribution in [1.29, 1.82) is 0 Å². The number of hydrogen-bond donors (Lipinski definition) is 1. The number of carbonyl (C=O) groups is 1. The van der Waals surface area contributed by atoms with Gasteiger partial charge in [-0.2, -0.15) is 0 Å². The first-order chi connectivity index (χ1) is 9.31. The average Bonchev–Trinajstić information content (AvgIpc) is 2.48. The number of halogens is 1. The van der Waals surface area contributed by atoms with Gasteiger partial charge < -0.3 is 10.6 Å².